The number of esters is 1. The number of rotatable bonds is 12. The minimum Gasteiger partial charge on any atom is -0.488 e. The summed E-state index contributed by atoms with van der Waals surface area (Å²) in [7, 11) is 1.38. The Bertz CT molecular complexity index is 2190. The highest BCUT2D eigenvalue weighted by Gasteiger charge is 2.41. The molecule has 7 rings (SSSR count). The number of aromatic nitrogens is 5. The van der Waals surface area contributed by atoms with Crippen LogP contribution in [-0.2, 0) is 23.3 Å². The summed E-state index contributed by atoms with van der Waals surface area (Å²) in [5, 5.41) is 14.7. The first kappa shape index (κ1) is 34.1. The standard InChI is InChI=1S/C44H39N5O3/c1-4-18-39-41(43(50)51-3)40(29-31(2)45-39)52-30-32-19-14-15-26-36(32)37-27-16-17-28-38(37)42-46-48-49(47-42)44(33-20-8-5-9-21-33,34-22-10-6-11-23-34)35-24-12-7-13-25-35/h5-17,19-29H,4,18,30H2,1-3H3. The second-order valence-electron chi connectivity index (χ2n) is 12.5. The Labute approximate surface area is 303 Å². The minimum absolute atomic E-state index is 0.211. The van der Waals surface area contributed by atoms with Crippen LogP contribution in [-0.4, -0.2) is 38.3 Å². The van der Waals surface area contributed by atoms with Gasteiger partial charge in [0.05, 0.1) is 12.8 Å². The van der Waals surface area contributed by atoms with E-state index in [2.05, 4.69) is 60.4 Å². The number of ether oxygens (including phenoxy) is 2. The smallest absolute Gasteiger partial charge is 0.343 e. The number of methoxy groups -OCH3 is 1. The molecular formula is C44H39N5O3. The van der Waals surface area contributed by atoms with Crippen LogP contribution in [0.1, 0.15) is 57.3 Å². The molecule has 0 atom stereocenters. The summed E-state index contributed by atoms with van der Waals surface area (Å²) in [6.45, 7) is 4.17. The predicted molar refractivity (Wildman–Crippen MR) is 202 cm³/mol. The Balaban J connectivity index is 1.32. The zero-order chi connectivity index (χ0) is 35.9. The fraction of sp³-hybridized carbons (Fsp3) is 0.159. The molecule has 0 bridgehead atoms. The van der Waals surface area contributed by atoms with Crippen molar-refractivity contribution >= 4 is 5.97 Å². The third kappa shape index (κ3) is 6.47. The first-order valence-corrected chi connectivity index (χ1v) is 17.4. The van der Waals surface area contributed by atoms with E-state index in [-0.39, 0.29) is 6.61 Å². The quantitative estimate of drug-likeness (QED) is 0.0937. The molecule has 2 heterocycles. The molecule has 52 heavy (non-hydrogen) atoms. The van der Waals surface area contributed by atoms with Gasteiger partial charge >= 0.3 is 5.97 Å². The van der Waals surface area contributed by atoms with Gasteiger partial charge in [-0.1, -0.05) is 153 Å². The van der Waals surface area contributed by atoms with Crippen molar-refractivity contribution < 1.29 is 14.3 Å². The Morgan fingerprint density at radius 2 is 1.25 bits per heavy atom. The van der Waals surface area contributed by atoms with Gasteiger partial charge in [0.2, 0.25) is 5.82 Å². The molecule has 0 unspecified atom stereocenters. The maximum Gasteiger partial charge on any atom is 0.343 e. The number of hydrogen-bond donors (Lipinski definition) is 0. The van der Waals surface area contributed by atoms with Gasteiger partial charge in [-0.15, -0.1) is 15.0 Å². The van der Waals surface area contributed by atoms with Gasteiger partial charge in [0.25, 0.3) is 0 Å². The van der Waals surface area contributed by atoms with Crippen LogP contribution in [0.25, 0.3) is 22.5 Å². The SMILES string of the molecule is CCCc1nc(C)cc(OCc2ccccc2-c2ccccc2-c2nnn(C(c3ccccc3)(c3ccccc3)c3ccccc3)n2)c1C(=O)OC. The lowest BCUT2D eigenvalue weighted by molar-refractivity contribution is 0.0593. The van der Waals surface area contributed by atoms with Crippen LogP contribution >= 0.6 is 0 Å². The van der Waals surface area contributed by atoms with Gasteiger partial charge in [0.15, 0.2) is 5.54 Å². The molecule has 8 nitrogen and oxygen atoms in total. The summed E-state index contributed by atoms with van der Waals surface area (Å²) in [6, 6.07) is 48.8. The van der Waals surface area contributed by atoms with Crippen molar-refractivity contribution in [1.82, 2.24) is 25.2 Å². The maximum absolute atomic E-state index is 12.9. The Morgan fingerprint density at radius 1 is 0.712 bits per heavy atom. The van der Waals surface area contributed by atoms with Gasteiger partial charge in [0, 0.05) is 17.3 Å². The number of aryl methyl sites for hydroxylation is 2. The second kappa shape index (κ2) is 15.2. The third-order valence-electron chi connectivity index (χ3n) is 9.21. The summed E-state index contributed by atoms with van der Waals surface area (Å²) in [5.41, 5.74) is 7.57. The molecule has 0 aliphatic heterocycles. The fourth-order valence-corrected chi connectivity index (χ4v) is 6.88. The zero-order valence-electron chi connectivity index (χ0n) is 29.4. The Kier molecular flexibility index (Phi) is 9.97. The van der Waals surface area contributed by atoms with Crippen LogP contribution in [0.5, 0.6) is 5.75 Å². The van der Waals surface area contributed by atoms with E-state index < -0.39 is 11.5 Å². The van der Waals surface area contributed by atoms with Crippen LogP contribution in [0, 0.1) is 6.92 Å². The zero-order valence-corrected chi connectivity index (χ0v) is 29.4. The molecule has 0 spiro atoms. The molecule has 8 heteroatoms. The van der Waals surface area contributed by atoms with Crippen LogP contribution in [0.2, 0.25) is 0 Å². The predicted octanol–water partition coefficient (Wildman–Crippen LogP) is 8.87. The first-order chi connectivity index (χ1) is 25.5. The Morgan fingerprint density at radius 3 is 1.83 bits per heavy atom. The van der Waals surface area contributed by atoms with Crippen molar-refractivity contribution in [2.75, 3.05) is 7.11 Å². The van der Waals surface area contributed by atoms with E-state index in [9.17, 15) is 4.79 Å². The summed E-state index contributed by atoms with van der Waals surface area (Å²) in [4.78, 5) is 19.3. The molecule has 258 valence electrons. The summed E-state index contributed by atoms with van der Waals surface area (Å²) in [5.74, 6) is 0.478. The van der Waals surface area contributed by atoms with E-state index in [1.807, 2.05) is 97.9 Å². The number of carbonyl (C=O) groups excluding carboxylic acids is 1. The van der Waals surface area contributed by atoms with E-state index in [4.69, 9.17) is 24.9 Å². The molecular weight excluding hydrogens is 647 g/mol. The monoisotopic (exact) mass is 685 g/mol. The summed E-state index contributed by atoms with van der Waals surface area (Å²) >= 11 is 0. The summed E-state index contributed by atoms with van der Waals surface area (Å²) < 4.78 is 11.6. The molecule has 0 radical (unpaired) electrons. The molecule has 0 N–H and O–H groups in total. The highest BCUT2D eigenvalue weighted by Crippen LogP contribution is 2.41. The average Bonchev–Trinajstić information content (AvgIpc) is 3.69. The highest BCUT2D eigenvalue weighted by molar-refractivity contribution is 5.93. The fourth-order valence-electron chi connectivity index (χ4n) is 6.88. The third-order valence-corrected chi connectivity index (χ3v) is 9.21. The van der Waals surface area contributed by atoms with Crippen molar-refractivity contribution in [2.45, 2.75) is 38.8 Å². The summed E-state index contributed by atoms with van der Waals surface area (Å²) in [6.07, 6.45) is 1.47. The number of pyridine rings is 1. The van der Waals surface area contributed by atoms with Crippen LogP contribution in [0.4, 0.5) is 0 Å². The number of hydrogen-bond acceptors (Lipinski definition) is 7. The molecule has 0 saturated carbocycles. The van der Waals surface area contributed by atoms with E-state index in [0.717, 1.165) is 51.1 Å². The van der Waals surface area contributed by atoms with Gasteiger partial charge in [-0.3, -0.25) is 4.98 Å². The normalized spacial score (nSPS) is 11.3. The van der Waals surface area contributed by atoms with E-state index in [1.165, 1.54) is 7.11 Å². The van der Waals surface area contributed by atoms with Crippen molar-refractivity contribution in [1.29, 1.82) is 0 Å². The molecule has 0 saturated heterocycles. The van der Waals surface area contributed by atoms with E-state index >= 15 is 0 Å². The Hall–Kier alpha value is -6.41. The lowest BCUT2D eigenvalue weighted by atomic mass is 9.77. The molecule has 2 aromatic heterocycles. The largest absolute Gasteiger partial charge is 0.488 e. The minimum atomic E-state index is -0.896. The van der Waals surface area contributed by atoms with Gasteiger partial charge in [0.1, 0.15) is 17.9 Å². The molecule has 7 aromatic rings. The number of tetrazole rings is 1. The molecule has 0 fully saturated rings. The lowest BCUT2D eigenvalue weighted by Gasteiger charge is -2.34. The van der Waals surface area contributed by atoms with E-state index in [1.54, 1.807) is 10.9 Å². The average molecular weight is 686 g/mol. The maximum atomic E-state index is 12.9. The van der Waals surface area contributed by atoms with Gasteiger partial charge in [-0.05, 0) is 51.9 Å². The van der Waals surface area contributed by atoms with E-state index in [0.29, 0.717) is 29.3 Å². The topological polar surface area (TPSA) is 92.0 Å². The molecule has 0 aliphatic carbocycles. The molecule has 0 aliphatic rings. The van der Waals surface area contributed by atoms with Gasteiger partial charge in [-0.25, -0.2) is 4.79 Å². The van der Waals surface area contributed by atoms with Crippen molar-refractivity contribution in [3.8, 4) is 28.3 Å². The number of carbonyl (C=O) groups is 1. The van der Waals surface area contributed by atoms with Crippen molar-refractivity contribution in [3.63, 3.8) is 0 Å². The van der Waals surface area contributed by atoms with Crippen molar-refractivity contribution in [2.24, 2.45) is 0 Å². The van der Waals surface area contributed by atoms with Gasteiger partial charge in [-0.2, -0.15) is 0 Å². The first-order valence-electron chi connectivity index (χ1n) is 17.4. The number of benzene rings is 5. The van der Waals surface area contributed by atoms with Gasteiger partial charge < -0.3 is 9.47 Å². The highest BCUT2D eigenvalue weighted by atomic mass is 16.5. The van der Waals surface area contributed by atoms with Crippen LogP contribution in [0.3, 0.4) is 0 Å². The molecule has 0 amide bonds. The lowest BCUT2D eigenvalue weighted by Crippen LogP contribution is -2.39. The number of nitrogens with zero attached hydrogens (tertiary/aromatic N) is 5. The molecule has 5 aromatic carbocycles. The van der Waals surface area contributed by atoms with Crippen LogP contribution in [0.15, 0.2) is 146 Å². The second-order valence-corrected chi connectivity index (χ2v) is 12.5. The van der Waals surface area contributed by atoms with Crippen molar-refractivity contribution in [3.05, 3.63) is 185 Å². The van der Waals surface area contributed by atoms with Crippen LogP contribution < -0.4 is 4.74 Å².